The molecule has 0 bridgehead atoms. The van der Waals surface area contributed by atoms with E-state index >= 15 is 0 Å². The largest absolute Gasteiger partial charge is 0.491 e. The van der Waals surface area contributed by atoms with Crippen molar-refractivity contribution < 1.29 is 19.4 Å². The van der Waals surface area contributed by atoms with E-state index in [0.29, 0.717) is 47.3 Å². The van der Waals surface area contributed by atoms with Crippen LogP contribution in [0.15, 0.2) is 66.9 Å². The Morgan fingerprint density at radius 1 is 1.03 bits per heavy atom. The molecular weight excluding hydrogens is 422 g/mol. The molecule has 3 aromatic carbocycles. The van der Waals surface area contributed by atoms with Gasteiger partial charge in [0.2, 0.25) is 17.7 Å². The molecule has 0 saturated carbocycles. The SMILES string of the molecule is NC(=O)c1ccc(OCCCO)c(Nc2nccc(Oc3ccc(N)c4ccccc34)n2)c1. The van der Waals surface area contributed by atoms with Gasteiger partial charge in [0.1, 0.15) is 11.5 Å². The van der Waals surface area contributed by atoms with Gasteiger partial charge in [0.05, 0.1) is 12.3 Å². The van der Waals surface area contributed by atoms with Crippen LogP contribution in [0.3, 0.4) is 0 Å². The van der Waals surface area contributed by atoms with E-state index < -0.39 is 5.91 Å². The number of aliphatic hydroxyl groups excluding tert-OH is 1. The number of carbonyl (C=O) groups is 1. The number of benzene rings is 3. The lowest BCUT2D eigenvalue weighted by atomic mass is 10.1. The highest BCUT2D eigenvalue weighted by molar-refractivity contribution is 5.97. The Morgan fingerprint density at radius 2 is 1.82 bits per heavy atom. The summed E-state index contributed by atoms with van der Waals surface area (Å²) in [6.07, 6.45) is 2.01. The summed E-state index contributed by atoms with van der Waals surface area (Å²) in [5.74, 6) is 1.05. The zero-order valence-electron chi connectivity index (χ0n) is 17.7. The number of rotatable bonds is 9. The van der Waals surface area contributed by atoms with Gasteiger partial charge in [-0.15, -0.1) is 0 Å². The fourth-order valence-corrected chi connectivity index (χ4v) is 3.23. The van der Waals surface area contributed by atoms with Crippen molar-refractivity contribution in [3.63, 3.8) is 0 Å². The molecular formula is C24H23N5O4. The lowest BCUT2D eigenvalue weighted by Gasteiger charge is -2.14. The van der Waals surface area contributed by atoms with Crippen LogP contribution in [0.2, 0.25) is 0 Å². The topological polar surface area (TPSA) is 146 Å². The number of nitrogens with one attached hydrogen (secondary N) is 1. The number of nitrogens with two attached hydrogens (primary N) is 2. The van der Waals surface area contributed by atoms with Gasteiger partial charge >= 0.3 is 0 Å². The van der Waals surface area contributed by atoms with Gasteiger partial charge in [0.25, 0.3) is 0 Å². The van der Waals surface area contributed by atoms with E-state index in [9.17, 15) is 4.79 Å². The minimum absolute atomic E-state index is 0.00441. The maximum absolute atomic E-state index is 11.6. The first-order valence-electron chi connectivity index (χ1n) is 10.3. The average molecular weight is 445 g/mol. The highest BCUT2D eigenvalue weighted by Gasteiger charge is 2.12. The normalized spacial score (nSPS) is 10.7. The van der Waals surface area contributed by atoms with E-state index in [-0.39, 0.29) is 12.6 Å². The zero-order valence-corrected chi connectivity index (χ0v) is 17.7. The minimum atomic E-state index is -0.576. The van der Waals surface area contributed by atoms with Crippen LogP contribution in [-0.2, 0) is 0 Å². The molecule has 0 atom stereocenters. The first kappa shape index (κ1) is 21.8. The number of amides is 1. The standard InChI is InChI=1S/C24H23N5O4/c25-18-7-9-20(17-5-2-1-4-16(17)18)33-22-10-11-27-24(29-22)28-19-14-15(23(26)31)6-8-21(19)32-13-3-12-30/h1-2,4-11,14,30H,3,12-13,25H2,(H2,26,31)(H,27,28,29). The molecule has 0 saturated heterocycles. The molecule has 0 spiro atoms. The maximum atomic E-state index is 11.6. The van der Waals surface area contributed by atoms with Crippen molar-refractivity contribution in [2.24, 2.45) is 5.73 Å². The minimum Gasteiger partial charge on any atom is -0.491 e. The van der Waals surface area contributed by atoms with Crippen molar-refractivity contribution in [2.45, 2.75) is 6.42 Å². The van der Waals surface area contributed by atoms with Crippen LogP contribution in [0.5, 0.6) is 17.4 Å². The van der Waals surface area contributed by atoms with Gasteiger partial charge in [-0.25, -0.2) is 4.98 Å². The third kappa shape index (κ3) is 5.10. The first-order valence-corrected chi connectivity index (χ1v) is 10.3. The molecule has 9 heteroatoms. The predicted molar refractivity (Wildman–Crippen MR) is 126 cm³/mol. The van der Waals surface area contributed by atoms with E-state index in [1.165, 1.54) is 0 Å². The molecule has 0 aliphatic heterocycles. The van der Waals surface area contributed by atoms with Crippen molar-refractivity contribution in [2.75, 3.05) is 24.3 Å². The molecule has 9 nitrogen and oxygen atoms in total. The molecule has 1 amide bonds. The Labute approximate surface area is 190 Å². The van der Waals surface area contributed by atoms with Gasteiger partial charge in [-0.3, -0.25) is 4.79 Å². The second-order valence-electron chi connectivity index (χ2n) is 7.14. The lowest BCUT2D eigenvalue weighted by molar-refractivity contribution is 0.100. The Balaban J connectivity index is 1.61. The van der Waals surface area contributed by atoms with Crippen molar-refractivity contribution in [3.05, 3.63) is 72.4 Å². The number of fused-ring (bicyclic) bond motifs is 1. The summed E-state index contributed by atoms with van der Waals surface area (Å²) >= 11 is 0. The van der Waals surface area contributed by atoms with Crippen LogP contribution in [0, 0.1) is 0 Å². The van der Waals surface area contributed by atoms with Crippen LogP contribution in [0.25, 0.3) is 10.8 Å². The number of anilines is 3. The van der Waals surface area contributed by atoms with Crippen molar-refractivity contribution in [3.8, 4) is 17.4 Å². The average Bonchev–Trinajstić information content (AvgIpc) is 2.82. The number of aliphatic hydroxyl groups is 1. The predicted octanol–water partition coefficient (Wildman–Crippen LogP) is 3.61. The Bertz CT molecular complexity index is 1300. The molecule has 4 rings (SSSR count). The summed E-state index contributed by atoms with van der Waals surface area (Å²) in [5, 5.41) is 13.8. The summed E-state index contributed by atoms with van der Waals surface area (Å²) in [5.41, 5.74) is 12.9. The van der Waals surface area contributed by atoms with E-state index in [1.807, 2.05) is 24.3 Å². The van der Waals surface area contributed by atoms with E-state index in [1.54, 1.807) is 42.6 Å². The number of nitrogen functional groups attached to an aromatic ring is 1. The van der Waals surface area contributed by atoms with Gasteiger partial charge in [0, 0.05) is 47.3 Å². The number of hydrogen-bond acceptors (Lipinski definition) is 8. The van der Waals surface area contributed by atoms with Crippen LogP contribution >= 0.6 is 0 Å². The maximum Gasteiger partial charge on any atom is 0.248 e. The Morgan fingerprint density at radius 3 is 2.61 bits per heavy atom. The summed E-state index contributed by atoms with van der Waals surface area (Å²) in [6, 6.07) is 17.6. The highest BCUT2D eigenvalue weighted by Crippen LogP contribution is 2.33. The van der Waals surface area contributed by atoms with Crippen LogP contribution in [-0.4, -0.2) is 34.2 Å². The van der Waals surface area contributed by atoms with Gasteiger partial charge in [-0.2, -0.15) is 4.98 Å². The smallest absolute Gasteiger partial charge is 0.248 e. The molecule has 0 radical (unpaired) electrons. The van der Waals surface area contributed by atoms with Crippen LogP contribution < -0.4 is 26.3 Å². The molecule has 1 aromatic heterocycles. The second-order valence-corrected chi connectivity index (χ2v) is 7.14. The molecule has 6 N–H and O–H groups in total. The molecule has 33 heavy (non-hydrogen) atoms. The molecule has 0 aliphatic carbocycles. The van der Waals surface area contributed by atoms with Gasteiger partial charge in [-0.05, 0) is 30.3 Å². The van der Waals surface area contributed by atoms with E-state index in [2.05, 4.69) is 15.3 Å². The van der Waals surface area contributed by atoms with Crippen molar-refractivity contribution in [1.82, 2.24) is 9.97 Å². The number of hydrogen-bond donors (Lipinski definition) is 4. The van der Waals surface area contributed by atoms with Crippen LogP contribution in [0.4, 0.5) is 17.3 Å². The second kappa shape index (κ2) is 9.84. The molecule has 0 aliphatic rings. The number of nitrogens with zero attached hydrogens (tertiary/aromatic N) is 2. The van der Waals surface area contributed by atoms with Gasteiger partial charge < -0.3 is 31.4 Å². The highest BCUT2D eigenvalue weighted by atomic mass is 16.5. The third-order valence-electron chi connectivity index (χ3n) is 4.83. The summed E-state index contributed by atoms with van der Waals surface area (Å²) < 4.78 is 11.7. The van der Waals surface area contributed by atoms with Crippen molar-refractivity contribution >= 4 is 34.0 Å². The Kier molecular flexibility index (Phi) is 6.51. The molecule has 4 aromatic rings. The molecule has 1 heterocycles. The summed E-state index contributed by atoms with van der Waals surface area (Å²) in [7, 11) is 0. The molecule has 0 fully saturated rings. The first-order chi connectivity index (χ1) is 16.0. The monoisotopic (exact) mass is 445 g/mol. The quantitative estimate of drug-likeness (QED) is 0.226. The fraction of sp³-hybridized carbons (Fsp3) is 0.125. The zero-order chi connectivity index (χ0) is 23.2. The van der Waals surface area contributed by atoms with Crippen LogP contribution in [0.1, 0.15) is 16.8 Å². The van der Waals surface area contributed by atoms with Crippen molar-refractivity contribution in [1.29, 1.82) is 0 Å². The van der Waals surface area contributed by atoms with Gasteiger partial charge in [0.15, 0.2) is 0 Å². The summed E-state index contributed by atoms with van der Waals surface area (Å²) in [4.78, 5) is 20.3. The van der Waals surface area contributed by atoms with E-state index in [4.69, 9.17) is 26.0 Å². The van der Waals surface area contributed by atoms with E-state index in [0.717, 1.165) is 10.8 Å². The summed E-state index contributed by atoms with van der Waals surface area (Å²) in [6.45, 7) is 0.305. The fourth-order valence-electron chi connectivity index (χ4n) is 3.23. The lowest BCUT2D eigenvalue weighted by Crippen LogP contribution is -2.12. The molecule has 0 unspecified atom stereocenters. The number of carbonyl (C=O) groups excluding carboxylic acids is 1. The number of primary amides is 1. The Hall–Kier alpha value is -4.37. The molecule has 168 valence electrons. The van der Waals surface area contributed by atoms with Gasteiger partial charge in [-0.1, -0.05) is 24.3 Å². The third-order valence-corrected chi connectivity index (χ3v) is 4.83. The number of aromatic nitrogens is 2. The number of ether oxygens (including phenoxy) is 2.